The Morgan fingerprint density at radius 1 is 1.33 bits per heavy atom. The second kappa shape index (κ2) is 5.72. The van der Waals surface area contributed by atoms with E-state index >= 15 is 0 Å². The summed E-state index contributed by atoms with van der Waals surface area (Å²) in [6, 6.07) is 0. The lowest BCUT2D eigenvalue weighted by Crippen LogP contribution is -2.21. The van der Waals surface area contributed by atoms with Crippen LogP contribution in [0.25, 0.3) is 11.4 Å². The van der Waals surface area contributed by atoms with Crippen LogP contribution in [0.2, 0.25) is 0 Å². The maximum absolute atomic E-state index is 10.9. The Labute approximate surface area is 127 Å². The Bertz CT molecular complexity index is 814. The number of hydrogen-bond acceptors (Lipinski definition) is 8. The largest absolute Gasteiger partial charge is 0.375 e. The predicted octanol–water partition coefficient (Wildman–Crippen LogP) is -0.624. The number of nitrogens with two attached hydrogens (primary N) is 4. The minimum absolute atomic E-state index is 0.121. The number of thiazole rings is 2. The van der Waals surface area contributed by atoms with E-state index in [0.717, 1.165) is 17.6 Å². The second-order valence-electron chi connectivity index (χ2n) is 3.57. The standard InChI is InChI=1S/C8H10N8O2S3/c9-6(10)16-8-14-3(2-19-8)5-4(20-7(11)15-5)1-13-21(12,17)18/h1-2H,(H2,11,15)(H2,12,17,18)(H4,9,10,14,16). The molecule has 0 bridgehead atoms. The minimum Gasteiger partial charge on any atom is -0.375 e. The highest BCUT2D eigenvalue weighted by Crippen LogP contribution is 2.31. The van der Waals surface area contributed by atoms with E-state index in [0.29, 0.717) is 21.4 Å². The van der Waals surface area contributed by atoms with Crippen LogP contribution in [0, 0.1) is 0 Å². The smallest absolute Gasteiger partial charge is 0.317 e. The average molecular weight is 346 g/mol. The number of nitrogen functional groups attached to an aromatic ring is 1. The molecule has 8 N–H and O–H groups in total. The summed E-state index contributed by atoms with van der Waals surface area (Å²) < 4.78 is 24.9. The van der Waals surface area contributed by atoms with E-state index in [1.165, 1.54) is 11.3 Å². The van der Waals surface area contributed by atoms with E-state index in [1.54, 1.807) is 5.38 Å². The van der Waals surface area contributed by atoms with Crippen molar-refractivity contribution in [3.8, 4) is 11.4 Å². The minimum atomic E-state index is -3.99. The topological polar surface area (TPSA) is 189 Å². The molecule has 0 aliphatic rings. The zero-order valence-corrected chi connectivity index (χ0v) is 12.7. The molecule has 0 amide bonds. The lowest BCUT2D eigenvalue weighted by atomic mass is 10.3. The first kappa shape index (κ1) is 15.3. The molecule has 2 heterocycles. The van der Waals surface area contributed by atoms with Gasteiger partial charge in [-0.3, -0.25) is 0 Å². The van der Waals surface area contributed by atoms with Crippen LogP contribution in [0.5, 0.6) is 0 Å². The molecule has 2 aromatic heterocycles. The van der Waals surface area contributed by atoms with Gasteiger partial charge in [0.15, 0.2) is 11.1 Å². The molecule has 0 saturated carbocycles. The van der Waals surface area contributed by atoms with Crippen molar-refractivity contribution in [3.63, 3.8) is 0 Å². The molecule has 13 heteroatoms. The van der Waals surface area contributed by atoms with E-state index in [1.807, 2.05) is 0 Å². The summed E-state index contributed by atoms with van der Waals surface area (Å²) in [6.07, 6.45) is 1.07. The molecular formula is C8H10N8O2S3. The van der Waals surface area contributed by atoms with Crippen LogP contribution in [-0.2, 0) is 10.2 Å². The predicted molar refractivity (Wildman–Crippen MR) is 83.8 cm³/mol. The third-order valence-electron chi connectivity index (χ3n) is 1.95. The molecule has 0 saturated heterocycles. The van der Waals surface area contributed by atoms with Crippen molar-refractivity contribution in [2.75, 3.05) is 5.73 Å². The second-order valence-corrected chi connectivity index (χ2v) is 6.71. The Morgan fingerprint density at radius 2 is 2.05 bits per heavy atom. The number of aliphatic imine (C=N–C) groups is 1. The van der Waals surface area contributed by atoms with Crippen LogP contribution in [0.15, 0.2) is 14.8 Å². The first-order chi connectivity index (χ1) is 9.74. The Kier molecular flexibility index (Phi) is 4.17. The van der Waals surface area contributed by atoms with Gasteiger partial charge in [0.05, 0.1) is 11.1 Å². The zero-order valence-electron chi connectivity index (χ0n) is 10.3. The van der Waals surface area contributed by atoms with Gasteiger partial charge in [-0.15, -0.1) is 11.3 Å². The molecule has 0 aliphatic heterocycles. The number of nitrogens with zero attached hydrogens (tertiary/aromatic N) is 4. The zero-order chi connectivity index (χ0) is 15.6. The van der Waals surface area contributed by atoms with Crippen molar-refractivity contribution in [1.29, 1.82) is 0 Å². The fourth-order valence-electron chi connectivity index (χ4n) is 1.28. The van der Waals surface area contributed by atoms with Crippen LogP contribution >= 0.6 is 22.7 Å². The van der Waals surface area contributed by atoms with Crippen molar-refractivity contribution in [1.82, 2.24) is 9.97 Å². The van der Waals surface area contributed by atoms with E-state index in [2.05, 4.69) is 19.4 Å². The summed E-state index contributed by atoms with van der Waals surface area (Å²) in [5, 5.41) is 7.04. The van der Waals surface area contributed by atoms with Gasteiger partial charge in [0.2, 0.25) is 5.13 Å². The van der Waals surface area contributed by atoms with Crippen LogP contribution in [0.3, 0.4) is 0 Å². The molecule has 2 aromatic rings. The van der Waals surface area contributed by atoms with Gasteiger partial charge in [-0.2, -0.15) is 17.8 Å². The summed E-state index contributed by atoms with van der Waals surface area (Å²) >= 11 is 2.24. The highest BCUT2D eigenvalue weighted by molar-refractivity contribution is 7.87. The Hall–Kier alpha value is -2.09. The monoisotopic (exact) mass is 346 g/mol. The molecule has 0 atom stereocenters. The molecule has 0 spiro atoms. The molecule has 0 unspecified atom stereocenters. The SMILES string of the molecule is NC(N)=Nc1nc(-c2nc(N)sc2C=NS(N)(=O)=O)cs1. The van der Waals surface area contributed by atoms with Crippen molar-refractivity contribution >= 4 is 55.3 Å². The highest BCUT2D eigenvalue weighted by atomic mass is 32.2. The van der Waals surface area contributed by atoms with E-state index < -0.39 is 10.2 Å². The first-order valence-corrected chi connectivity index (χ1v) is 8.34. The van der Waals surface area contributed by atoms with E-state index in [9.17, 15) is 8.42 Å². The van der Waals surface area contributed by atoms with E-state index in [4.69, 9.17) is 22.3 Å². The molecule has 0 aliphatic carbocycles. The van der Waals surface area contributed by atoms with Crippen molar-refractivity contribution < 1.29 is 8.42 Å². The van der Waals surface area contributed by atoms with Gasteiger partial charge in [0, 0.05) is 5.38 Å². The molecule has 112 valence electrons. The third-order valence-corrected chi connectivity index (χ3v) is 3.90. The highest BCUT2D eigenvalue weighted by Gasteiger charge is 2.14. The summed E-state index contributed by atoms with van der Waals surface area (Å²) in [7, 11) is -3.99. The van der Waals surface area contributed by atoms with Crippen LogP contribution < -0.4 is 22.3 Å². The van der Waals surface area contributed by atoms with E-state index in [-0.39, 0.29) is 11.1 Å². The number of hydrogen-bond donors (Lipinski definition) is 4. The number of aromatic nitrogens is 2. The third kappa shape index (κ3) is 4.19. The molecule has 2 rings (SSSR count). The molecule has 0 fully saturated rings. The molecule has 0 aromatic carbocycles. The first-order valence-electron chi connectivity index (χ1n) is 5.14. The maximum atomic E-state index is 10.9. The van der Waals surface area contributed by atoms with Crippen molar-refractivity contribution in [2.45, 2.75) is 0 Å². The van der Waals surface area contributed by atoms with Crippen molar-refractivity contribution in [2.24, 2.45) is 26.0 Å². The summed E-state index contributed by atoms with van der Waals surface area (Å²) in [4.78, 5) is 12.4. The van der Waals surface area contributed by atoms with Crippen LogP contribution in [-0.4, -0.2) is 30.6 Å². The number of anilines is 1. The normalized spacial score (nSPS) is 11.9. The number of rotatable bonds is 4. The van der Waals surface area contributed by atoms with Gasteiger partial charge in [0.25, 0.3) is 0 Å². The molecule has 10 nitrogen and oxygen atoms in total. The maximum Gasteiger partial charge on any atom is 0.317 e. The Morgan fingerprint density at radius 3 is 2.67 bits per heavy atom. The quantitative estimate of drug-likeness (QED) is 0.418. The van der Waals surface area contributed by atoms with Crippen LogP contribution in [0.1, 0.15) is 4.88 Å². The molecule has 0 radical (unpaired) electrons. The van der Waals surface area contributed by atoms with Crippen molar-refractivity contribution in [3.05, 3.63) is 10.3 Å². The lowest BCUT2D eigenvalue weighted by Gasteiger charge is -1.92. The average Bonchev–Trinajstić information content (AvgIpc) is 2.91. The van der Waals surface area contributed by atoms with Gasteiger partial charge in [-0.25, -0.2) is 15.1 Å². The van der Waals surface area contributed by atoms with Gasteiger partial charge >= 0.3 is 10.2 Å². The summed E-state index contributed by atoms with van der Waals surface area (Å²) in [5.41, 5.74) is 17.0. The summed E-state index contributed by atoms with van der Waals surface area (Å²) in [6.45, 7) is 0. The Balaban J connectivity index is 2.43. The van der Waals surface area contributed by atoms with Gasteiger partial charge in [0.1, 0.15) is 11.4 Å². The fraction of sp³-hybridized carbons (Fsp3) is 0. The summed E-state index contributed by atoms with van der Waals surface area (Å²) in [5.74, 6) is -0.121. The van der Waals surface area contributed by atoms with Gasteiger partial charge in [-0.1, -0.05) is 11.3 Å². The van der Waals surface area contributed by atoms with Gasteiger partial charge < -0.3 is 17.2 Å². The molecule has 21 heavy (non-hydrogen) atoms. The van der Waals surface area contributed by atoms with Gasteiger partial charge in [-0.05, 0) is 0 Å². The van der Waals surface area contributed by atoms with Crippen LogP contribution in [0.4, 0.5) is 10.3 Å². The fourth-order valence-corrected chi connectivity index (χ4v) is 3.00. The number of guanidine groups is 1. The lowest BCUT2D eigenvalue weighted by molar-refractivity contribution is 0.600. The molecular weight excluding hydrogens is 336 g/mol.